The number of ketones is 1. The minimum Gasteiger partial charge on any atom is -0.481 e. The Bertz CT molecular complexity index is 664. The number of benzene rings is 1. The van der Waals surface area contributed by atoms with Gasteiger partial charge < -0.3 is 10.4 Å². The molecule has 1 unspecified atom stereocenters. The van der Waals surface area contributed by atoms with Crippen molar-refractivity contribution in [1.29, 1.82) is 0 Å². The molecule has 0 radical (unpaired) electrons. The fourth-order valence-corrected chi connectivity index (χ4v) is 1.68. The first-order valence-electron chi connectivity index (χ1n) is 7.07. The van der Waals surface area contributed by atoms with Gasteiger partial charge in [0.05, 0.1) is 5.92 Å². The van der Waals surface area contributed by atoms with Crippen LogP contribution in [0.25, 0.3) is 5.57 Å². The number of aliphatic carboxylic acids is 1. The van der Waals surface area contributed by atoms with Crippen LogP contribution in [-0.2, 0) is 14.4 Å². The van der Waals surface area contributed by atoms with Crippen molar-refractivity contribution in [2.75, 3.05) is 6.54 Å². The van der Waals surface area contributed by atoms with Crippen LogP contribution in [-0.4, -0.2) is 35.6 Å². The molecular formula is C16H17NO5. The topological polar surface area (TPSA) is 101 Å². The van der Waals surface area contributed by atoms with E-state index in [1.54, 1.807) is 0 Å². The molecule has 116 valence electrons. The van der Waals surface area contributed by atoms with Crippen molar-refractivity contribution in [2.45, 2.75) is 13.8 Å². The molecule has 1 aromatic carbocycles. The molecule has 1 aromatic rings. The zero-order chi connectivity index (χ0) is 17.6. The van der Waals surface area contributed by atoms with E-state index in [-0.39, 0.29) is 17.9 Å². The summed E-state index contributed by atoms with van der Waals surface area (Å²) in [4.78, 5) is 44.9. The van der Waals surface area contributed by atoms with Crippen molar-refractivity contribution >= 4 is 29.5 Å². The Morgan fingerprint density at radius 3 is 2.27 bits per heavy atom. The van der Waals surface area contributed by atoms with Gasteiger partial charge in [-0.1, -0.05) is 19.1 Å². The van der Waals surface area contributed by atoms with Crippen LogP contribution < -0.4 is 5.32 Å². The van der Waals surface area contributed by atoms with Crippen LogP contribution in [0.15, 0.2) is 30.3 Å². The third kappa shape index (κ3) is 4.66. The largest absolute Gasteiger partial charge is 0.481 e. The lowest BCUT2D eigenvalue weighted by atomic mass is 10.0. The Kier molecular flexibility index (Phi) is 5.59. The minimum absolute atomic E-state index is 0.00185. The predicted molar refractivity (Wildman–Crippen MR) is 80.3 cm³/mol. The fraction of sp³-hybridized carbons (Fsp3) is 0.250. The number of amides is 1. The highest BCUT2D eigenvalue weighted by Gasteiger charge is 2.13. The van der Waals surface area contributed by atoms with Gasteiger partial charge in [-0.15, -0.1) is 0 Å². The van der Waals surface area contributed by atoms with Crippen molar-refractivity contribution in [3.63, 3.8) is 0 Å². The average molecular weight is 304 g/mol. The summed E-state index contributed by atoms with van der Waals surface area (Å²) >= 11 is 0. The van der Waals surface area contributed by atoms with E-state index in [0.717, 1.165) is 6.08 Å². The number of Topliss-reactive ketones (excluding diaryl/α,β-unsaturated/α-hetero) is 1. The number of nitrogens with one attached hydrogen (secondary N) is 1. The van der Waals surface area contributed by atoms with Gasteiger partial charge in [-0.05, 0) is 30.7 Å². The van der Waals surface area contributed by atoms with Crippen LogP contribution >= 0.6 is 0 Å². The maximum atomic E-state index is 11.9. The summed E-state index contributed by atoms with van der Waals surface area (Å²) in [5.41, 5.74) is 0.816. The van der Waals surface area contributed by atoms with Crippen molar-refractivity contribution < 1.29 is 25.7 Å². The second kappa shape index (κ2) is 7.87. The maximum Gasteiger partial charge on any atom is 0.308 e. The van der Waals surface area contributed by atoms with Gasteiger partial charge in [0, 0.05) is 17.7 Å². The summed E-state index contributed by atoms with van der Waals surface area (Å²) < 4.78 is 6.91. The molecule has 0 fully saturated rings. The summed E-state index contributed by atoms with van der Waals surface area (Å²) in [6, 6.07) is 5.90. The summed E-state index contributed by atoms with van der Waals surface area (Å²) in [5, 5.41) is 11.3. The van der Waals surface area contributed by atoms with Crippen LogP contribution in [0.4, 0.5) is 0 Å². The number of hydrogen-bond acceptors (Lipinski definition) is 4. The molecule has 6 heteroatoms. The zero-order valence-corrected chi connectivity index (χ0v) is 12.3. The van der Waals surface area contributed by atoms with E-state index in [0.29, 0.717) is 11.1 Å². The van der Waals surface area contributed by atoms with Crippen LogP contribution in [0, 0.1) is 5.92 Å². The number of carbonyl (C=O) groups is 4. The van der Waals surface area contributed by atoms with Crippen LogP contribution in [0.3, 0.4) is 0 Å². The van der Waals surface area contributed by atoms with Crippen molar-refractivity contribution in [2.24, 2.45) is 5.92 Å². The predicted octanol–water partition coefficient (Wildman–Crippen LogP) is 1.31. The van der Waals surface area contributed by atoms with E-state index >= 15 is 0 Å². The molecule has 0 aliphatic rings. The summed E-state index contributed by atoms with van der Waals surface area (Å²) in [6.07, 6.45) is -0.0638. The molecule has 1 rings (SSSR count). The van der Waals surface area contributed by atoms with Gasteiger partial charge in [0.1, 0.15) is 7.63 Å². The highest BCUT2D eigenvalue weighted by atomic mass is 16.4. The van der Waals surface area contributed by atoms with E-state index in [1.165, 1.54) is 38.1 Å². The van der Waals surface area contributed by atoms with E-state index in [2.05, 4.69) is 5.32 Å². The lowest BCUT2D eigenvalue weighted by molar-refractivity contribution is -0.140. The number of carboxylic acid groups (broad SMARTS) is 1. The third-order valence-electron chi connectivity index (χ3n) is 3.03. The van der Waals surface area contributed by atoms with Crippen molar-refractivity contribution in [1.82, 2.24) is 5.32 Å². The molecule has 0 aliphatic heterocycles. The number of hydrogen-bond donors (Lipinski definition) is 2. The Morgan fingerprint density at radius 1 is 1.27 bits per heavy atom. The molecule has 1 amide bonds. The van der Waals surface area contributed by atoms with Crippen LogP contribution in [0.5, 0.6) is 0 Å². The Morgan fingerprint density at radius 2 is 1.82 bits per heavy atom. The second-order valence-electron chi connectivity index (χ2n) is 4.76. The zero-order valence-electron chi connectivity index (χ0n) is 13.3. The molecule has 0 aromatic heterocycles. The SMILES string of the molecule is [2H]C(=O)/C=C(\C(C)=O)c1ccc(C(=O)NCC(C)C(=O)O)cc1. The van der Waals surface area contributed by atoms with E-state index in [9.17, 15) is 19.2 Å². The van der Waals surface area contributed by atoms with Crippen LogP contribution in [0.2, 0.25) is 0 Å². The van der Waals surface area contributed by atoms with Crippen LogP contribution in [0.1, 0.15) is 31.1 Å². The van der Waals surface area contributed by atoms with Gasteiger partial charge in [-0.2, -0.15) is 0 Å². The smallest absolute Gasteiger partial charge is 0.308 e. The van der Waals surface area contributed by atoms with Gasteiger partial charge in [0.25, 0.3) is 5.91 Å². The normalized spacial score (nSPS) is 13.0. The average Bonchev–Trinajstić information content (AvgIpc) is 2.49. The molecule has 0 heterocycles. The van der Waals surface area contributed by atoms with E-state index < -0.39 is 24.1 Å². The molecule has 0 saturated heterocycles. The molecule has 22 heavy (non-hydrogen) atoms. The molecule has 6 nitrogen and oxygen atoms in total. The fourth-order valence-electron chi connectivity index (χ4n) is 1.68. The number of rotatable bonds is 7. The second-order valence-corrected chi connectivity index (χ2v) is 4.76. The summed E-state index contributed by atoms with van der Waals surface area (Å²) in [6.45, 7) is 2.76. The summed E-state index contributed by atoms with van der Waals surface area (Å²) in [5.74, 6) is -2.50. The first-order chi connectivity index (χ1) is 10.7. The van der Waals surface area contributed by atoms with Gasteiger partial charge in [0.15, 0.2) is 5.78 Å². The number of carboxylic acids is 1. The molecule has 0 aliphatic carbocycles. The quantitative estimate of drug-likeness (QED) is 0.584. The molecule has 0 spiro atoms. The van der Waals surface area contributed by atoms with Crippen molar-refractivity contribution in [3.05, 3.63) is 41.5 Å². The first-order valence-corrected chi connectivity index (χ1v) is 6.57. The standard InChI is InChI=1S/C16H17NO5/c1-10(16(21)22)9-17-15(20)13-5-3-12(4-6-13)14(7-8-18)11(2)19/h3-8,10H,9H2,1-2H3,(H,17,20)(H,21,22)/b14-7+/i8D. The molecule has 0 saturated carbocycles. The van der Waals surface area contributed by atoms with Gasteiger partial charge >= 0.3 is 5.97 Å². The number of aldehydes is 1. The molecular weight excluding hydrogens is 286 g/mol. The highest BCUT2D eigenvalue weighted by Crippen LogP contribution is 2.16. The number of allylic oxidation sites excluding steroid dienone is 2. The maximum absolute atomic E-state index is 11.9. The molecule has 0 bridgehead atoms. The Hall–Kier alpha value is -2.76. The van der Waals surface area contributed by atoms with Gasteiger partial charge in [-0.25, -0.2) is 0 Å². The number of carbonyl (C=O) groups excluding carboxylic acids is 3. The van der Waals surface area contributed by atoms with E-state index in [1.807, 2.05) is 0 Å². The lowest BCUT2D eigenvalue weighted by Crippen LogP contribution is -2.31. The van der Waals surface area contributed by atoms with Gasteiger partial charge in [0.2, 0.25) is 0 Å². The third-order valence-corrected chi connectivity index (χ3v) is 3.03. The van der Waals surface area contributed by atoms with Gasteiger partial charge in [-0.3, -0.25) is 19.2 Å². The van der Waals surface area contributed by atoms with E-state index in [4.69, 9.17) is 6.48 Å². The first kappa shape index (κ1) is 15.6. The lowest BCUT2D eigenvalue weighted by Gasteiger charge is -2.09. The molecule has 2 N–H and O–H groups in total. The minimum atomic E-state index is -1.00. The Balaban J connectivity index is 2.87. The monoisotopic (exact) mass is 304 g/mol. The molecule has 1 atom stereocenters. The highest BCUT2D eigenvalue weighted by molar-refractivity contribution is 6.22. The van der Waals surface area contributed by atoms with Crippen molar-refractivity contribution in [3.8, 4) is 0 Å². The Labute approximate surface area is 129 Å². The summed E-state index contributed by atoms with van der Waals surface area (Å²) in [7, 11) is 0.